The highest BCUT2D eigenvalue weighted by atomic mass is 32.1. The van der Waals surface area contributed by atoms with Crippen LogP contribution in [0.1, 0.15) is 37.2 Å². The highest BCUT2D eigenvalue weighted by Crippen LogP contribution is 2.36. The molecule has 108 valence electrons. The van der Waals surface area contributed by atoms with Gasteiger partial charge in [-0.2, -0.15) is 0 Å². The molecule has 0 radical (unpaired) electrons. The number of nitrogens with two attached hydrogens (primary N) is 1. The number of hydrogen-bond acceptors (Lipinski definition) is 3. The zero-order valence-corrected chi connectivity index (χ0v) is 12.9. The lowest BCUT2D eigenvalue weighted by molar-refractivity contribution is 0.210. The molecule has 3 heteroatoms. The van der Waals surface area contributed by atoms with Crippen LogP contribution < -0.4 is 5.73 Å². The molecule has 1 aromatic carbocycles. The van der Waals surface area contributed by atoms with E-state index in [2.05, 4.69) is 34.5 Å². The minimum atomic E-state index is 0.761. The van der Waals surface area contributed by atoms with Gasteiger partial charge in [0.05, 0.1) is 0 Å². The molecule has 0 aliphatic carbocycles. The highest BCUT2D eigenvalue weighted by molar-refractivity contribution is 7.17. The van der Waals surface area contributed by atoms with Crippen LogP contribution in [0.4, 0.5) is 0 Å². The Bertz CT molecular complexity index is 541. The average molecular weight is 288 g/mol. The van der Waals surface area contributed by atoms with E-state index < -0.39 is 0 Å². The first-order chi connectivity index (χ1) is 9.88. The Kier molecular flexibility index (Phi) is 4.71. The van der Waals surface area contributed by atoms with Gasteiger partial charge in [-0.1, -0.05) is 18.2 Å². The smallest absolute Gasteiger partial charge is 0.0345 e. The summed E-state index contributed by atoms with van der Waals surface area (Å²) < 4.78 is 1.44. The maximum atomic E-state index is 5.57. The van der Waals surface area contributed by atoms with Gasteiger partial charge in [0.2, 0.25) is 0 Å². The quantitative estimate of drug-likeness (QED) is 0.848. The molecule has 2 nitrogen and oxygen atoms in total. The second kappa shape index (κ2) is 6.70. The molecule has 2 aromatic rings. The second-order valence-corrected chi connectivity index (χ2v) is 6.71. The summed E-state index contributed by atoms with van der Waals surface area (Å²) >= 11 is 1.90. The van der Waals surface area contributed by atoms with Gasteiger partial charge in [0, 0.05) is 4.70 Å². The summed E-state index contributed by atoms with van der Waals surface area (Å²) in [6.45, 7) is 4.56. The van der Waals surface area contributed by atoms with Crippen molar-refractivity contribution in [3.8, 4) is 0 Å². The van der Waals surface area contributed by atoms with Crippen LogP contribution in [0, 0.1) is 0 Å². The number of hydrogen-bond donors (Lipinski definition) is 1. The maximum absolute atomic E-state index is 5.57. The SMILES string of the molecule is NCCCCN1CCC(c2csc3ccccc23)CC1. The number of fused-ring (bicyclic) bond motifs is 1. The predicted octanol–water partition coefficient (Wildman–Crippen LogP) is 3.82. The minimum absolute atomic E-state index is 0.761. The molecule has 1 fully saturated rings. The third-order valence-corrected chi connectivity index (χ3v) is 5.45. The molecule has 2 N–H and O–H groups in total. The predicted molar refractivity (Wildman–Crippen MR) is 88.5 cm³/mol. The van der Waals surface area contributed by atoms with Crippen molar-refractivity contribution in [2.75, 3.05) is 26.2 Å². The summed E-state index contributed by atoms with van der Waals surface area (Å²) in [5.41, 5.74) is 7.16. The number of benzene rings is 1. The van der Waals surface area contributed by atoms with Crippen LogP contribution in [0.2, 0.25) is 0 Å². The van der Waals surface area contributed by atoms with Crippen LogP contribution in [0.15, 0.2) is 29.6 Å². The van der Waals surface area contributed by atoms with Gasteiger partial charge < -0.3 is 10.6 Å². The Labute approximate surface area is 125 Å². The van der Waals surface area contributed by atoms with E-state index in [0.717, 1.165) is 18.9 Å². The van der Waals surface area contributed by atoms with E-state index in [-0.39, 0.29) is 0 Å². The monoisotopic (exact) mass is 288 g/mol. The van der Waals surface area contributed by atoms with Crippen LogP contribution in [-0.2, 0) is 0 Å². The van der Waals surface area contributed by atoms with Crippen molar-refractivity contribution in [1.29, 1.82) is 0 Å². The van der Waals surface area contributed by atoms with E-state index >= 15 is 0 Å². The molecule has 0 atom stereocenters. The van der Waals surface area contributed by atoms with E-state index in [9.17, 15) is 0 Å². The van der Waals surface area contributed by atoms with Gasteiger partial charge in [-0.25, -0.2) is 0 Å². The molecule has 2 heterocycles. The molecule has 0 unspecified atom stereocenters. The molecule has 1 aliphatic heterocycles. The largest absolute Gasteiger partial charge is 0.330 e. The lowest BCUT2D eigenvalue weighted by Crippen LogP contribution is -2.33. The zero-order valence-electron chi connectivity index (χ0n) is 12.1. The summed E-state index contributed by atoms with van der Waals surface area (Å²) in [5.74, 6) is 0.761. The van der Waals surface area contributed by atoms with Crippen LogP contribution in [0.25, 0.3) is 10.1 Å². The molecule has 0 bridgehead atoms. The Hall–Kier alpha value is -0.900. The Morgan fingerprint density at radius 3 is 2.75 bits per heavy atom. The molecule has 20 heavy (non-hydrogen) atoms. The first kappa shape index (κ1) is 14.1. The van der Waals surface area contributed by atoms with Crippen LogP contribution in [0.5, 0.6) is 0 Å². The summed E-state index contributed by atoms with van der Waals surface area (Å²) in [6.07, 6.45) is 5.03. The Morgan fingerprint density at radius 1 is 1.15 bits per heavy atom. The topological polar surface area (TPSA) is 29.3 Å². The lowest BCUT2D eigenvalue weighted by atomic mass is 9.89. The standard InChI is InChI=1S/C17H24N2S/c18-9-3-4-10-19-11-7-14(8-12-19)16-13-20-17-6-2-1-5-15(16)17/h1-2,5-6,13-14H,3-4,7-12,18H2. The Balaban J connectivity index is 1.60. The molecule has 0 spiro atoms. The first-order valence-electron chi connectivity index (χ1n) is 7.77. The van der Waals surface area contributed by atoms with Crippen molar-refractivity contribution < 1.29 is 0 Å². The molecule has 1 aliphatic rings. The summed E-state index contributed by atoms with van der Waals surface area (Å²) in [4.78, 5) is 2.61. The lowest BCUT2D eigenvalue weighted by Gasteiger charge is -2.32. The third-order valence-electron chi connectivity index (χ3n) is 4.47. The van der Waals surface area contributed by atoms with Crippen molar-refractivity contribution in [2.24, 2.45) is 5.73 Å². The van der Waals surface area contributed by atoms with Gasteiger partial charge in [-0.15, -0.1) is 11.3 Å². The second-order valence-electron chi connectivity index (χ2n) is 5.80. The van der Waals surface area contributed by atoms with Crippen molar-refractivity contribution in [3.05, 3.63) is 35.2 Å². The zero-order chi connectivity index (χ0) is 13.8. The normalized spacial score (nSPS) is 17.9. The fourth-order valence-corrected chi connectivity index (χ4v) is 4.31. The van der Waals surface area contributed by atoms with Crippen LogP contribution >= 0.6 is 11.3 Å². The molecule has 0 saturated carbocycles. The van der Waals surface area contributed by atoms with Gasteiger partial charge in [0.1, 0.15) is 0 Å². The summed E-state index contributed by atoms with van der Waals surface area (Å²) in [7, 11) is 0. The van der Waals surface area contributed by atoms with Crippen LogP contribution in [-0.4, -0.2) is 31.1 Å². The van der Waals surface area contributed by atoms with Crippen molar-refractivity contribution in [3.63, 3.8) is 0 Å². The summed E-state index contributed by atoms with van der Waals surface area (Å²) in [6, 6.07) is 8.84. The van der Waals surface area contributed by atoms with Gasteiger partial charge in [0.25, 0.3) is 0 Å². The minimum Gasteiger partial charge on any atom is -0.330 e. The van der Waals surface area contributed by atoms with Crippen LogP contribution in [0.3, 0.4) is 0 Å². The maximum Gasteiger partial charge on any atom is 0.0345 e. The highest BCUT2D eigenvalue weighted by Gasteiger charge is 2.22. The number of thiophene rings is 1. The first-order valence-corrected chi connectivity index (χ1v) is 8.65. The number of likely N-dealkylation sites (tertiary alicyclic amines) is 1. The molecule has 3 rings (SSSR count). The molecular formula is C17H24N2S. The van der Waals surface area contributed by atoms with Gasteiger partial charge in [-0.3, -0.25) is 0 Å². The fourth-order valence-electron chi connectivity index (χ4n) is 3.26. The third kappa shape index (κ3) is 3.05. The van der Waals surface area contributed by atoms with E-state index in [1.54, 1.807) is 5.56 Å². The van der Waals surface area contributed by atoms with Crippen molar-refractivity contribution >= 4 is 21.4 Å². The van der Waals surface area contributed by atoms with E-state index in [1.165, 1.54) is 49.0 Å². The number of piperidine rings is 1. The van der Waals surface area contributed by atoms with Gasteiger partial charge in [-0.05, 0) is 80.2 Å². The van der Waals surface area contributed by atoms with E-state index in [1.807, 2.05) is 11.3 Å². The average Bonchev–Trinajstić information content (AvgIpc) is 2.92. The number of rotatable bonds is 5. The fraction of sp³-hybridized carbons (Fsp3) is 0.529. The van der Waals surface area contributed by atoms with Crippen molar-refractivity contribution in [2.45, 2.75) is 31.6 Å². The molecule has 0 amide bonds. The number of unbranched alkanes of at least 4 members (excludes halogenated alkanes) is 1. The van der Waals surface area contributed by atoms with E-state index in [0.29, 0.717) is 0 Å². The molecule has 1 aromatic heterocycles. The Morgan fingerprint density at radius 2 is 1.95 bits per heavy atom. The van der Waals surface area contributed by atoms with Crippen molar-refractivity contribution in [1.82, 2.24) is 4.90 Å². The van der Waals surface area contributed by atoms with Gasteiger partial charge >= 0.3 is 0 Å². The summed E-state index contributed by atoms with van der Waals surface area (Å²) in [5, 5.41) is 3.87. The molecule has 1 saturated heterocycles. The van der Waals surface area contributed by atoms with E-state index in [4.69, 9.17) is 5.73 Å². The molecular weight excluding hydrogens is 264 g/mol. The number of nitrogens with zero attached hydrogens (tertiary/aromatic N) is 1. The van der Waals surface area contributed by atoms with Gasteiger partial charge in [0.15, 0.2) is 0 Å².